The molecule has 0 bridgehead atoms. The molecule has 214 valence electrons. The van der Waals surface area contributed by atoms with Crippen molar-refractivity contribution in [2.45, 2.75) is 194 Å². The van der Waals surface area contributed by atoms with Crippen molar-refractivity contribution in [1.29, 1.82) is 0 Å². The lowest BCUT2D eigenvalue weighted by Gasteiger charge is -2.33. The number of nitrogens with zero attached hydrogens (tertiary/aromatic N) is 2. The summed E-state index contributed by atoms with van der Waals surface area (Å²) in [6, 6.07) is 0. The van der Waals surface area contributed by atoms with Gasteiger partial charge in [0.05, 0.1) is 0 Å². The van der Waals surface area contributed by atoms with Crippen LogP contribution in [0.4, 0.5) is 0 Å². The van der Waals surface area contributed by atoms with Crippen LogP contribution in [0.3, 0.4) is 0 Å². The van der Waals surface area contributed by atoms with Crippen LogP contribution < -0.4 is 0 Å². The van der Waals surface area contributed by atoms with E-state index >= 15 is 0 Å². The predicted octanol–water partition coefficient (Wildman–Crippen LogP) is 11.6. The van der Waals surface area contributed by atoms with Gasteiger partial charge < -0.3 is 9.80 Å². The monoisotopic (exact) mass is 505 g/mol. The Bertz CT molecular complexity index is 460. The molecule has 0 aromatic rings. The molecule has 1 rings (SSSR count). The maximum absolute atomic E-state index is 2.67. The Morgan fingerprint density at radius 3 is 1.08 bits per heavy atom. The third-order valence-corrected chi connectivity index (χ3v) is 8.28. The van der Waals surface area contributed by atoms with E-state index in [2.05, 4.69) is 43.0 Å². The highest BCUT2D eigenvalue weighted by atomic mass is 15.4. The first-order valence-electron chi connectivity index (χ1n) is 17.0. The van der Waals surface area contributed by atoms with E-state index in [0.29, 0.717) is 6.17 Å². The molecule has 36 heavy (non-hydrogen) atoms. The summed E-state index contributed by atoms with van der Waals surface area (Å²) in [4.78, 5) is 5.29. The number of hydrogen-bond acceptors (Lipinski definition) is 2. The molecule has 0 aliphatic carbocycles. The molecule has 1 atom stereocenters. The molecule has 2 heteroatoms. The molecular formula is C34H68N2. The molecule has 0 amide bonds. The lowest BCUT2D eigenvalue weighted by Crippen LogP contribution is -2.39. The first-order valence-corrected chi connectivity index (χ1v) is 17.0. The minimum absolute atomic E-state index is 0.640. The van der Waals surface area contributed by atoms with E-state index in [0.717, 1.165) is 0 Å². The van der Waals surface area contributed by atoms with E-state index in [4.69, 9.17) is 0 Å². The van der Waals surface area contributed by atoms with Gasteiger partial charge in [-0.1, -0.05) is 162 Å². The van der Waals surface area contributed by atoms with Gasteiger partial charge in [0, 0.05) is 25.5 Å². The van der Waals surface area contributed by atoms with Gasteiger partial charge in [0.25, 0.3) is 0 Å². The van der Waals surface area contributed by atoms with Crippen LogP contribution in [0.25, 0.3) is 0 Å². The van der Waals surface area contributed by atoms with E-state index in [-0.39, 0.29) is 0 Å². The summed E-state index contributed by atoms with van der Waals surface area (Å²) in [6.45, 7) is 9.41. The molecule has 0 saturated carbocycles. The van der Waals surface area contributed by atoms with Gasteiger partial charge in [0.1, 0.15) is 6.17 Å². The summed E-state index contributed by atoms with van der Waals surface area (Å²) in [7, 11) is 0. The lowest BCUT2D eigenvalue weighted by molar-refractivity contribution is 0.137. The maximum atomic E-state index is 2.67. The second-order valence-electron chi connectivity index (χ2n) is 11.8. The van der Waals surface area contributed by atoms with E-state index in [9.17, 15) is 0 Å². The molecule has 0 fully saturated rings. The van der Waals surface area contributed by atoms with E-state index in [1.807, 2.05) is 0 Å². The molecule has 0 radical (unpaired) electrons. The van der Waals surface area contributed by atoms with Crippen molar-refractivity contribution in [2.24, 2.45) is 0 Å². The Labute approximate surface area is 229 Å². The fourth-order valence-corrected chi connectivity index (χ4v) is 5.90. The van der Waals surface area contributed by atoms with Gasteiger partial charge in [-0.2, -0.15) is 0 Å². The second kappa shape index (κ2) is 26.0. The molecule has 1 aliphatic rings. The van der Waals surface area contributed by atoms with Crippen molar-refractivity contribution in [3.8, 4) is 0 Å². The third-order valence-electron chi connectivity index (χ3n) is 8.28. The quantitative estimate of drug-likeness (QED) is 0.0977. The molecule has 1 heterocycles. The van der Waals surface area contributed by atoms with Crippen LogP contribution in [-0.4, -0.2) is 29.1 Å². The molecule has 0 aromatic heterocycles. The summed E-state index contributed by atoms with van der Waals surface area (Å²) in [5.74, 6) is 0. The van der Waals surface area contributed by atoms with Gasteiger partial charge in [0.15, 0.2) is 0 Å². The first kappa shape index (κ1) is 33.4. The summed E-state index contributed by atoms with van der Waals surface area (Å²) >= 11 is 0. The van der Waals surface area contributed by atoms with Crippen molar-refractivity contribution >= 4 is 0 Å². The third kappa shape index (κ3) is 18.6. The van der Waals surface area contributed by atoms with Crippen LogP contribution >= 0.6 is 0 Å². The molecule has 1 aliphatic heterocycles. The van der Waals surface area contributed by atoms with Crippen LogP contribution in [0.15, 0.2) is 12.4 Å². The minimum Gasteiger partial charge on any atom is -0.356 e. The molecule has 0 saturated heterocycles. The van der Waals surface area contributed by atoms with Gasteiger partial charge in [-0.3, -0.25) is 0 Å². The standard InChI is InChI=1S/C34H68N2/c1-4-7-9-11-13-15-17-18-20-22-24-26-28-31-36-33-32-35(30-6-3)34(36)29-27-25-23-21-19-16-14-12-10-8-5-2/h32-34H,4-31H2,1-3H3. The zero-order valence-corrected chi connectivity index (χ0v) is 25.4. The molecule has 2 nitrogen and oxygen atoms in total. The number of rotatable bonds is 28. The summed E-state index contributed by atoms with van der Waals surface area (Å²) in [5.41, 5.74) is 0. The Hall–Kier alpha value is -0.660. The average Bonchev–Trinajstić information content (AvgIpc) is 3.26. The highest BCUT2D eigenvalue weighted by Crippen LogP contribution is 2.23. The van der Waals surface area contributed by atoms with Crippen LogP contribution in [0.5, 0.6) is 0 Å². The molecule has 0 spiro atoms. The maximum Gasteiger partial charge on any atom is 0.101 e. The van der Waals surface area contributed by atoms with Crippen molar-refractivity contribution in [2.75, 3.05) is 13.1 Å². The van der Waals surface area contributed by atoms with Crippen molar-refractivity contribution < 1.29 is 0 Å². The van der Waals surface area contributed by atoms with E-state index < -0.39 is 0 Å². The first-order chi connectivity index (χ1) is 17.8. The average molecular weight is 505 g/mol. The highest BCUT2D eigenvalue weighted by molar-refractivity contribution is 4.96. The van der Waals surface area contributed by atoms with Gasteiger partial charge in [-0.25, -0.2) is 0 Å². The normalized spacial score (nSPS) is 15.5. The summed E-state index contributed by atoms with van der Waals surface area (Å²) < 4.78 is 0. The number of hydrogen-bond donors (Lipinski definition) is 0. The fourth-order valence-electron chi connectivity index (χ4n) is 5.90. The van der Waals surface area contributed by atoms with Crippen molar-refractivity contribution in [3.63, 3.8) is 0 Å². The largest absolute Gasteiger partial charge is 0.356 e. The molecule has 1 unspecified atom stereocenters. The van der Waals surface area contributed by atoms with Crippen LogP contribution in [0, 0.1) is 0 Å². The van der Waals surface area contributed by atoms with Gasteiger partial charge in [0.2, 0.25) is 0 Å². The predicted molar refractivity (Wildman–Crippen MR) is 163 cm³/mol. The zero-order valence-electron chi connectivity index (χ0n) is 25.4. The van der Waals surface area contributed by atoms with Gasteiger partial charge in [-0.15, -0.1) is 0 Å². The Morgan fingerprint density at radius 2 is 0.694 bits per heavy atom. The van der Waals surface area contributed by atoms with Gasteiger partial charge >= 0.3 is 0 Å². The van der Waals surface area contributed by atoms with Gasteiger partial charge in [-0.05, 0) is 25.7 Å². The smallest absolute Gasteiger partial charge is 0.101 e. The van der Waals surface area contributed by atoms with Crippen molar-refractivity contribution in [3.05, 3.63) is 12.4 Å². The minimum atomic E-state index is 0.640. The Kier molecular flexibility index (Phi) is 24.1. The molecule has 0 N–H and O–H groups in total. The lowest BCUT2D eigenvalue weighted by atomic mass is 10.0. The SMILES string of the molecule is CCCCCCCCCCCCCCCN1C=CN(CCC)C1CCCCCCCCCCCCC. The molecular weight excluding hydrogens is 436 g/mol. The zero-order chi connectivity index (χ0) is 25.9. The Morgan fingerprint density at radius 1 is 0.361 bits per heavy atom. The summed E-state index contributed by atoms with van der Waals surface area (Å²) in [6.07, 6.45) is 42.6. The highest BCUT2D eigenvalue weighted by Gasteiger charge is 2.24. The van der Waals surface area contributed by atoms with Crippen molar-refractivity contribution in [1.82, 2.24) is 9.80 Å². The Balaban J connectivity index is 2.03. The molecule has 0 aromatic carbocycles. The van der Waals surface area contributed by atoms with E-state index in [1.54, 1.807) is 0 Å². The van der Waals surface area contributed by atoms with Crippen LogP contribution in [0.1, 0.15) is 188 Å². The summed E-state index contributed by atoms with van der Waals surface area (Å²) in [5, 5.41) is 0. The fraction of sp³-hybridized carbons (Fsp3) is 0.941. The van der Waals surface area contributed by atoms with Crippen LogP contribution in [0.2, 0.25) is 0 Å². The number of unbranched alkanes of at least 4 members (excludes halogenated alkanes) is 22. The second-order valence-corrected chi connectivity index (χ2v) is 11.8. The van der Waals surface area contributed by atoms with E-state index in [1.165, 1.54) is 180 Å². The van der Waals surface area contributed by atoms with Crippen LogP contribution in [-0.2, 0) is 0 Å². The topological polar surface area (TPSA) is 6.48 Å².